The van der Waals surface area contributed by atoms with Gasteiger partial charge in [-0.1, -0.05) is 11.6 Å². The second-order valence-corrected chi connectivity index (χ2v) is 7.41. The van der Waals surface area contributed by atoms with E-state index in [1.165, 1.54) is 15.4 Å². The zero-order chi connectivity index (χ0) is 18.4. The Labute approximate surface area is 155 Å². The van der Waals surface area contributed by atoms with Crippen LogP contribution in [0.1, 0.15) is 33.1 Å². The fourth-order valence-corrected chi connectivity index (χ4v) is 4.02. The minimum Gasteiger partial charge on any atom is -0.336 e. The highest BCUT2D eigenvalue weighted by Crippen LogP contribution is 2.23. The highest BCUT2D eigenvalue weighted by atomic mass is 35.5. The van der Waals surface area contributed by atoms with Crippen LogP contribution < -0.4 is 5.69 Å². The SMILES string of the molecule is C[C@H]1CCC[C@H](C)N1C(=O)Cn1nc2c3ccc(Cl)cc3ncn2c1=O. The third-order valence-corrected chi connectivity index (χ3v) is 5.39. The number of benzene rings is 1. The van der Waals surface area contributed by atoms with E-state index in [0.29, 0.717) is 16.2 Å². The molecular weight excluding hydrogens is 354 g/mol. The zero-order valence-corrected chi connectivity index (χ0v) is 15.5. The summed E-state index contributed by atoms with van der Waals surface area (Å²) in [5, 5.41) is 5.68. The quantitative estimate of drug-likeness (QED) is 0.691. The standard InChI is InChI=1S/C18H20ClN5O2/c1-11-4-3-5-12(2)24(11)16(25)9-23-18(26)22-10-20-15-8-13(19)6-7-14(15)17(22)21-23/h6-8,10-12H,3-5,9H2,1-2H3/t11-,12-/m0/s1. The van der Waals surface area contributed by atoms with Crippen LogP contribution in [0.4, 0.5) is 0 Å². The van der Waals surface area contributed by atoms with Crippen LogP contribution in [0.2, 0.25) is 5.02 Å². The number of amides is 1. The van der Waals surface area contributed by atoms with Gasteiger partial charge >= 0.3 is 5.69 Å². The topological polar surface area (TPSA) is 72.5 Å². The molecular formula is C18H20ClN5O2. The fourth-order valence-electron chi connectivity index (χ4n) is 3.85. The number of aromatic nitrogens is 4. The number of halogens is 1. The minimum atomic E-state index is -0.366. The lowest BCUT2D eigenvalue weighted by Gasteiger charge is -2.39. The van der Waals surface area contributed by atoms with Crippen molar-refractivity contribution in [1.82, 2.24) is 24.1 Å². The lowest BCUT2D eigenvalue weighted by atomic mass is 9.97. The molecule has 0 N–H and O–H groups in total. The lowest BCUT2D eigenvalue weighted by Crippen LogP contribution is -2.49. The van der Waals surface area contributed by atoms with Gasteiger partial charge in [-0.15, -0.1) is 5.10 Å². The molecule has 1 saturated heterocycles. The van der Waals surface area contributed by atoms with Gasteiger partial charge in [0, 0.05) is 22.5 Å². The number of fused-ring (bicyclic) bond motifs is 3. The molecule has 8 heteroatoms. The van der Waals surface area contributed by atoms with Crippen LogP contribution in [0.25, 0.3) is 16.6 Å². The van der Waals surface area contributed by atoms with Gasteiger partial charge in [0.2, 0.25) is 5.91 Å². The number of likely N-dealkylation sites (tertiary alicyclic amines) is 1. The monoisotopic (exact) mass is 373 g/mol. The van der Waals surface area contributed by atoms with Crippen molar-refractivity contribution in [2.45, 2.75) is 51.7 Å². The van der Waals surface area contributed by atoms with Crippen LogP contribution in [0.3, 0.4) is 0 Å². The van der Waals surface area contributed by atoms with Crippen molar-refractivity contribution in [3.05, 3.63) is 40.0 Å². The molecule has 0 bridgehead atoms. The molecule has 3 aromatic rings. The summed E-state index contributed by atoms with van der Waals surface area (Å²) in [4.78, 5) is 31.6. The molecule has 2 aromatic heterocycles. The van der Waals surface area contributed by atoms with Gasteiger partial charge in [0.1, 0.15) is 12.9 Å². The Morgan fingerprint density at radius 1 is 1.27 bits per heavy atom. The van der Waals surface area contributed by atoms with Gasteiger partial charge in [-0.05, 0) is 51.3 Å². The molecule has 1 amide bonds. The highest BCUT2D eigenvalue weighted by Gasteiger charge is 2.29. The van der Waals surface area contributed by atoms with Crippen molar-refractivity contribution in [3.63, 3.8) is 0 Å². The van der Waals surface area contributed by atoms with E-state index >= 15 is 0 Å². The Morgan fingerprint density at radius 3 is 2.73 bits per heavy atom. The molecule has 26 heavy (non-hydrogen) atoms. The molecule has 7 nitrogen and oxygen atoms in total. The second-order valence-electron chi connectivity index (χ2n) is 6.97. The first kappa shape index (κ1) is 17.0. The highest BCUT2D eigenvalue weighted by molar-refractivity contribution is 6.31. The van der Waals surface area contributed by atoms with Gasteiger partial charge in [0.25, 0.3) is 0 Å². The predicted octanol–water partition coefficient (Wildman–Crippen LogP) is 2.49. The summed E-state index contributed by atoms with van der Waals surface area (Å²) in [6.07, 6.45) is 4.54. The number of nitrogens with zero attached hydrogens (tertiary/aromatic N) is 5. The van der Waals surface area contributed by atoms with Gasteiger partial charge in [-0.3, -0.25) is 4.79 Å². The molecule has 0 unspecified atom stereocenters. The average molecular weight is 374 g/mol. The first-order valence-corrected chi connectivity index (χ1v) is 9.18. The van der Waals surface area contributed by atoms with Crippen LogP contribution >= 0.6 is 11.6 Å². The number of hydrogen-bond acceptors (Lipinski definition) is 4. The number of rotatable bonds is 2. The lowest BCUT2D eigenvalue weighted by molar-refractivity contribution is -0.138. The van der Waals surface area contributed by atoms with Gasteiger partial charge in [0.05, 0.1) is 5.52 Å². The number of piperidine rings is 1. The molecule has 4 rings (SSSR count). The van der Waals surface area contributed by atoms with E-state index in [9.17, 15) is 9.59 Å². The van der Waals surface area contributed by atoms with E-state index in [1.54, 1.807) is 18.2 Å². The van der Waals surface area contributed by atoms with Gasteiger partial charge < -0.3 is 4.90 Å². The minimum absolute atomic E-state index is 0.0652. The van der Waals surface area contributed by atoms with Crippen molar-refractivity contribution in [1.29, 1.82) is 0 Å². The molecule has 0 saturated carbocycles. The molecule has 1 aromatic carbocycles. The summed E-state index contributed by atoms with van der Waals surface area (Å²) < 4.78 is 2.59. The Bertz CT molecular complexity index is 1050. The fraction of sp³-hybridized carbons (Fsp3) is 0.444. The van der Waals surface area contributed by atoms with Crippen LogP contribution in [-0.2, 0) is 11.3 Å². The third kappa shape index (κ3) is 2.76. The first-order valence-electron chi connectivity index (χ1n) is 8.80. The Balaban J connectivity index is 1.73. The summed E-state index contributed by atoms with van der Waals surface area (Å²) >= 11 is 6.00. The van der Waals surface area contributed by atoms with E-state index in [4.69, 9.17) is 11.6 Å². The summed E-state index contributed by atoms with van der Waals surface area (Å²) in [6, 6.07) is 5.61. The molecule has 0 spiro atoms. The van der Waals surface area contributed by atoms with E-state index < -0.39 is 0 Å². The first-order chi connectivity index (χ1) is 12.5. The maximum atomic E-state index is 12.8. The number of carbonyl (C=O) groups is 1. The van der Waals surface area contributed by atoms with Crippen LogP contribution in [-0.4, -0.2) is 42.1 Å². The van der Waals surface area contributed by atoms with Crippen molar-refractivity contribution < 1.29 is 4.79 Å². The van der Waals surface area contributed by atoms with Crippen molar-refractivity contribution in [2.24, 2.45) is 0 Å². The largest absolute Gasteiger partial charge is 0.352 e. The van der Waals surface area contributed by atoms with E-state index in [2.05, 4.69) is 23.9 Å². The number of carbonyl (C=O) groups excluding carboxylic acids is 1. The smallest absolute Gasteiger partial charge is 0.336 e. The maximum Gasteiger partial charge on any atom is 0.352 e. The molecule has 136 valence electrons. The average Bonchev–Trinajstić information content (AvgIpc) is 2.90. The Morgan fingerprint density at radius 2 is 2.00 bits per heavy atom. The molecule has 1 fully saturated rings. The molecule has 1 aliphatic rings. The second kappa shape index (κ2) is 6.39. The van der Waals surface area contributed by atoms with Gasteiger partial charge in [-0.2, -0.15) is 0 Å². The summed E-state index contributed by atoms with van der Waals surface area (Å²) in [5.74, 6) is -0.0736. The summed E-state index contributed by atoms with van der Waals surface area (Å²) in [5.41, 5.74) is 0.769. The molecule has 3 heterocycles. The van der Waals surface area contributed by atoms with E-state index in [0.717, 1.165) is 24.6 Å². The molecule has 0 aliphatic carbocycles. The Kier molecular flexibility index (Phi) is 4.19. The molecule has 2 atom stereocenters. The predicted molar refractivity (Wildman–Crippen MR) is 99.4 cm³/mol. The summed E-state index contributed by atoms with van der Waals surface area (Å²) in [6.45, 7) is 4.05. The van der Waals surface area contributed by atoms with Crippen molar-refractivity contribution in [2.75, 3.05) is 0 Å². The van der Waals surface area contributed by atoms with Crippen molar-refractivity contribution >= 4 is 34.1 Å². The molecule has 0 radical (unpaired) electrons. The third-order valence-electron chi connectivity index (χ3n) is 5.15. The molecule has 1 aliphatic heterocycles. The number of hydrogen-bond donors (Lipinski definition) is 0. The summed E-state index contributed by atoms with van der Waals surface area (Å²) in [7, 11) is 0. The maximum absolute atomic E-state index is 12.8. The Hall–Kier alpha value is -2.41. The van der Waals surface area contributed by atoms with Gasteiger partial charge in [0.15, 0.2) is 5.65 Å². The van der Waals surface area contributed by atoms with E-state index in [1.807, 2.05) is 4.90 Å². The normalized spacial score (nSPS) is 20.8. The van der Waals surface area contributed by atoms with Crippen LogP contribution in [0, 0.1) is 0 Å². The van der Waals surface area contributed by atoms with Crippen LogP contribution in [0.5, 0.6) is 0 Å². The zero-order valence-electron chi connectivity index (χ0n) is 14.7. The van der Waals surface area contributed by atoms with Gasteiger partial charge in [-0.25, -0.2) is 18.9 Å². The van der Waals surface area contributed by atoms with E-state index in [-0.39, 0.29) is 30.2 Å². The van der Waals surface area contributed by atoms with Crippen LogP contribution in [0.15, 0.2) is 29.3 Å². The van der Waals surface area contributed by atoms with Crippen molar-refractivity contribution in [3.8, 4) is 0 Å².